The van der Waals surface area contributed by atoms with E-state index in [1.165, 1.54) is 12.1 Å². The predicted octanol–water partition coefficient (Wildman–Crippen LogP) is 4.05. The number of rotatable bonds is 7. The van der Waals surface area contributed by atoms with Gasteiger partial charge in [-0.2, -0.15) is 0 Å². The number of nitrogens with two attached hydrogens (primary N) is 1. The fourth-order valence-corrected chi connectivity index (χ4v) is 2.74. The third-order valence-corrected chi connectivity index (χ3v) is 4.30. The fraction of sp³-hybridized carbons (Fsp3) is 0.100. The van der Waals surface area contributed by atoms with Gasteiger partial charge in [0.15, 0.2) is 6.61 Å². The molecule has 3 aromatic rings. The van der Waals surface area contributed by atoms with Gasteiger partial charge in [-0.1, -0.05) is 23.2 Å². The van der Waals surface area contributed by atoms with Gasteiger partial charge in [-0.3, -0.25) is 9.59 Å². The Morgan fingerprint density at radius 1 is 1.00 bits per heavy atom. The Bertz CT molecular complexity index is 1000. The van der Waals surface area contributed by atoms with E-state index in [0.29, 0.717) is 21.6 Å². The van der Waals surface area contributed by atoms with E-state index in [9.17, 15) is 9.59 Å². The van der Waals surface area contributed by atoms with E-state index in [0.717, 1.165) is 5.56 Å². The minimum atomic E-state index is -0.691. The molecular formula is C20H16Cl2N2O4. The number of halogens is 2. The van der Waals surface area contributed by atoms with Crippen LogP contribution >= 0.6 is 23.2 Å². The first-order chi connectivity index (χ1) is 13.4. The van der Waals surface area contributed by atoms with Crippen LogP contribution in [-0.2, 0) is 11.3 Å². The van der Waals surface area contributed by atoms with Gasteiger partial charge in [0.25, 0.3) is 11.8 Å². The van der Waals surface area contributed by atoms with Crippen LogP contribution in [0.25, 0.3) is 11.3 Å². The number of amides is 2. The second-order valence-corrected chi connectivity index (χ2v) is 6.72. The molecule has 144 valence electrons. The Labute approximate surface area is 171 Å². The standard InChI is InChI=1S/C20H16Cl2N2O4/c21-13-3-1-12(2-4-13)17-8-6-15(28-17)10-24-19(25)11-27-18-7-5-14(22)9-16(18)20(23)26/h1-9H,10-11H2,(H2,23,26)(H,24,25). The summed E-state index contributed by atoms with van der Waals surface area (Å²) >= 11 is 11.7. The third-order valence-electron chi connectivity index (χ3n) is 3.82. The molecule has 0 aliphatic carbocycles. The van der Waals surface area contributed by atoms with Crippen molar-refractivity contribution in [2.24, 2.45) is 5.73 Å². The molecule has 6 nitrogen and oxygen atoms in total. The summed E-state index contributed by atoms with van der Waals surface area (Å²) in [6, 6.07) is 15.2. The summed E-state index contributed by atoms with van der Waals surface area (Å²) in [5.41, 5.74) is 6.28. The van der Waals surface area contributed by atoms with Gasteiger partial charge in [0.1, 0.15) is 17.3 Å². The molecule has 0 unspecified atom stereocenters. The van der Waals surface area contributed by atoms with Gasteiger partial charge in [0.05, 0.1) is 12.1 Å². The summed E-state index contributed by atoms with van der Waals surface area (Å²) in [4.78, 5) is 23.4. The molecule has 2 amide bonds. The number of hydrogen-bond donors (Lipinski definition) is 2. The van der Waals surface area contributed by atoms with E-state index < -0.39 is 5.91 Å². The molecule has 3 rings (SSSR count). The Morgan fingerprint density at radius 3 is 2.43 bits per heavy atom. The molecule has 0 saturated heterocycles. The number of carbonyl (C=O) groups excluding carboxylic acids is 2. The Balaban J connectivity index is 1.54. The van der Waals surface area contributed by atoms with Crippen molar-refractivity contribution in [3.63, 3.8) is 0 Å². The van der Waals surface area contributed by atoms with Gasteiger partial charge >= 0.3 is 0 Å². The second-order valence-electron chi connectivity index (χ2n) is 5.84. The maximum absolute atomic E-state index is 12.0. The highest BCUT2D eigenvalue weighted by Crippen LogP contribution is 2.24. The average molecular weight is 419 g/mol. The summed E-state index contributed by atoms with van der Waals surface area (Å²) in [5.74, 6) is 0.375. The molecular weight excluding hydrogens is 403 g/mol. The van der Waals surface area contributed by atoms with Crippen molar-refractivity contribution in [3.05, 3.63) is 76.0 Å². The lowest BCUT2D eigenvalue weighted by atomic mass is 10.2. The van der Waals surface area contributed by atoms with E-state index in [1.807, 2.05) is 18.2 Å². The van der Waals surface area contributed by atoms with Crippen molar-refractivity contribution in [1.29, 1.82) is 0 Å². The summed E-state index contributed by atoms with van der Waals surface area (Å²) < 4.78 is 11.1. The van der Waals surface area contributed by atoms with Crippen molar-refractivity contribution >= 4 is 35.0 Å². The van der Waals surface area contributed by atoms with Crippen LogP contribution in [0.2, 0.25) is 10.0 Å². The lowest BCUT2D eigenvalue weighted by Gasteiger charge is -2.10. The largest absolute Gasteiger partial charge is 0.483 e. The fourth-order valence-electron chi connectivity index (χ4n) is 2.44. The van der Waals surface area contributed by atoms with Crippen molar-refractivity contribution in [1.82, 2.24) is 5.32 Å². The Hall–Kier alpha value is -2.96. The number of furan rings is 1. The highest BCUT2D eigenvalue weighted by molar-refractivity contribution is 6.31. The zero-order valence-corrected chi connectivity index (χ0v) is 16.1. The highest BCUT2D eigenvalue weighted by Gasteiger charge is 2.12. The average Bonchev–Trinajstić information content (AvgIpc) is 3.15. The van der Waals surface area contributed by atoms with Gasteiger partial charge in [0, 0.05) is 15.6 Å². The van der Waals surface area contributed by atoms with Crippen LogP contribution in [0.1, 0.15) is 16.1 Å². The number of hydrogen-bond acceptors (Lipinski definition) is 4. The number of primary amides is 1. The maximum atomic E-state index is 12.0. The topological polar surface area (TPSA) is 94.6 Å². The lowest BCUT2D eigenvalue weighted by molar-refractivity contribution is -0.123. The molecule has 2 aromatic carbocycles. The molecule has 3 N–H and O–H groups in total. The number of ether oxygens (including phenoxy) is 1. The van der Waals surface area contributed by atoms with Gasteiger partial charge in [0.2, 0.25) is 0 Å². The van der Waals surface area contributed by atoms with Crippen LogP contribution in [0.4, 0.5) is 0 Å². The summed E-state index contributed by atoms with van der Waals surface area (Å²) in [7, 11) is 0. The van der Waals surface area contributed by atoms with Crippen LogP contribution in [0.5, 0.6) is 5.75 Å². The zero-order valence-electron chi connectivity index (χ0n) is 14.6. The zero-order chi connectivity index (χ0) is 20.1. The van der Waals surface area contributed by atoms with E-state index in [1.54, 1.807) is 24.3 Å². The maximum Gasteiger partial charge on any atom is 0.258 e. The van der Waals surface area contributed by atoms with Crippen LogP contribution in [0.15, 0.2) is 59.0 Å². The predicted molar refractivity (Wildman–Crippen MR) is 106 cm³/mol. The van der Waals surface area contributed by atoms with Crippen LogP contribution in [0.3, 0.4) is 0 Å². The molecule has 0 aliphatic heterocycles. The third kappa shape index (κ3) is 5.06. The normalized spacial score (nSPS) is 10.5. The molecule has 0 aliphatic rings. The molecule has 8 heteroatoms. The van der Waals surface area contributed by atoms with E-state index in [2.05, 4.69) is 5.32 Å². The summed E-state index contributed by atoms with van der Waals surface area (Å²) in [6.07, 6.45) is 0. The molecule has 28 heavy (non-hydrogen) atoms. The smallest absolute Gasteiger partial charge is 0.258 e. The first-order valence-corrected chi connectivity index (χ1v) is 9.01. The number of benzene rings is 2. The van der Waals surface area contributed by atoms with Crippen molar-refractivity contribution < 1.29 is 18.7 Å². The van der Waals surface area contributed by atoms with Crippen LogP contribution in [0, 0.1) is 0 Å². The SMILES string of the molecule is NC(=O)c1cc(Cl)ccc1OCC(=O)NCc1ccc(-c2ccc(Cl)cc2)o1. The van der Waals surface area contributed by atoms with Crippen LogP contribution < -0.4 is 15.8 Å². The molecule has 0 radical (unpaired) electrons. The molecule has 0 atom stereocenters. The van der Waals surface area contributed by atoms with Gasteiger partial charge in [-0.05, 0) is 54.6 Å². The number of nitrogens with one attached hydrogen (secondary N) is 1. The van der Waals surface area contributed by atoms with Crippen molar-refractivity contribution in [2.45, 2.75) is 6.54 Å². The monoisotopic (exact) mass is 418 g/mol. The first kappa shape index (κ1) is 19.8. The molecule has 0 spiro atoms. The minimum absolute atomic E-state index is 0.110. The molecule has 0 saturated carbocycles. The Morgan fingerprint density at radius 2 is 1.71 bits per heavy atom. The molecule has 1 aromatic heterocycles. The van der Waals surface area contributed by atoms with Gasteiger partial charge in [-0.15, -0.1) is 0 Å². The van der Waals surface area contributed by atoms with Crippen molar-refractivity contribution in [2.75, 3.05) is 6.61 Å². The quantitative estimate of drug-likeness (QED) is 0.604. The lowest BCUT2D eigenvalue weighted by Crippen LogP contribution is -2.28. The van der Waals surface area contributed by atoms with E-state index in [-0.39, 0.29) is 30.4 Å². The summed E-state index contributed by atoms with van der Waals surface area (Å²) in [5, 5.41) is 3.67. The highest BCUT2D eigenvalue weighted by atomic mass is 35.5. The van der Waals surface area contributed by atoms with Crippen LogP contribution in [-0.4, -0.2) is 18.4 Å². The Kier molecular flexibility index (Phi) is 6.23. The first-order valence-electron chi connectivity index (χ1n) is 8.26. The summed E-state index contributed by atoms with van der Waals surface area (Å²) in [6.45, 7) is -0.0915. The van der Waals surface area contributed by atoms with E-state index in [4.69, 9.17) is 38.1 Å². The molecule has 0 fully saturated rings. The van der Waals surface area contributed by atoms with Crippen molar-refractivity contribution in [3.8, 4) is 17.1 Å². The van der Waals surface area contributed by atoms with Gasteiger partial charge in [-0.25, -0.2) is 0 Å². The second kappa shape index (κ2) is 8.82. The molecule has 0 bridgehead atoms. The minimum Gasteiger partial charge on any atom is -0.483 e. The van der Waals surface area contributed by atoms with E-state index >= 15 is 0 Å². The number of carbonyl (C=O) groups is 2. The van der Waals surface area contributed by atoms with Gasteiger partial charge < -0.3 is 20.2 Å². The molecule has 1 heterocycles.